The van der Waals surface area contributed by atoms with E-state index in [1.165, 1.54) is 12.8 Å². The summed E-state index contributed by atoms with van der Waals surface area (Å²) in [5.41, 5.74) is 1.58. The predicted molar refractivity (Wildman–Crippen MR) is 115 cm³/mol. The van der Waals surface area contributed by atoms with E-state index in [1.807, 2.05) is 12.3 Å². The minimum absolute atomic E-state index is 0.196. The van der Waals surface area contributed by atoms with Gasteiger partial charge in [0.2, 0.25) is 5.91 Å². The summed E-state index contributed by atoms with van der Waals surface area (Å²) in [7, 11) is 0. The van der Waals surface area contributed by atoms with Crippen molar-refractivity contribution in [3.63, 3.8) is 0 Å². The molecule has 7 heteroatoms. The van der Waals surface area contributed by atoms with Crippen LogP contribution in [0.4, 0.5) is 5.69 Å². The van der Waals surface area contributed by atoms with Crippen LogP contribution in [0.3, 0.4) is 0 Å². The minimum atomic E-state index is 0.196. The van der Waals surface area contributed by atoms with Crippen LogP contribution in [-0.2, 0) is 4.79 Å². The summed E-state index contributed by atoms with van der Waals surface area (Å²) >= 11 is 0. The van der Waals surface area contributed by atoms with E-state index in [1.54, 1.807) is 6.07 Å². The second kappa shape index (κ2) is 8.52. The largest absolute Gasteiger partial charge is 0.368 e. The van der Waals surface area contributed by atoms with Crippen LogP contribution in [0.5, 0.6) is 0 Å². The molecular formula is C23H32N6O. The number of carbonyl (C=O) groups is 1. The Hall–Kier alpha value is -2.17. The van der Waals surface area contributed by atoms with Crippen molar-refractivity contribution in [2.75, 3.05) is 44.2 Å². The third kappa shape index (κ3) is 3.91. The fourth-order valence-corrected chi connectivity index (χ4v) is 6.18. The van der Waals surface area contributed by atoms with Crippen molar-refractivity contribution in [2.24, 2.45) is 17.8 Å². The molecule has 5 unspecified atom stereocenters. The number of piperidine rings is 2. The van der Waals surface area contributed by atoms with Gasteiger partial charge in [0.25, 0.3) is 0 Å². The first-order valence-corrected chi connectivity index (χ1v) is 11.6. The zero-order valence-corrected chi connectivity index (χ0v) is 17.6. The molecule has 2 N–H and O–H groups in total. The lowest BCUT2D eigenvalue weighted by Gasteiger charge is -2.50. The number of hydrogen-bond acceptors (Lipinski definition) is 6. The first-order valence-electron chi connectivity index (χ1n) is 11.6. The fourth-order valence-electron chi connectivity index (χ4n) is 6.18. The van der Waals surface area contributed by atoms with Gasteiger partial charge in [0.15, 0.2) is 0 Å². The number of hydrogen-bond donors (Lipinski definition) is 2. The molecule has 3 aliphatic heterocycles. The Kier molecular flexibility index (Phi) is 5.62. The van der Waals surface area contributed by atoms with Crippen LogP contribution in [0.15, 0.2) is 18.3 Å². The standard InChI is InChI=1S/C23H32N6O/c24-13-17-4-5-18(14-26-17)29-10-8-28(9-11-29)15-16-3-6-19-21(12-16)27-23(30)20-2-1-7-25-22(19)20/h4-5,14,16,19-22,25H,1-3,6-12,15H2,(H,27,30). The van der Waals surface area contributed by atoms with Crippen molar-refractivity contribution >= 4 is 11.6 Å². The van der Waals surface area contributed by atoms with E-state index in [0.29, 0.717) is 35.5 Å². The quantitative estimate of drug-likeness (QED) is 0.786. The molecule has 0 bridgehead atoms. The molecule has 0 radical (unpaired) electrons. The smallest absolute Gasteiger partial charge is 0.224 e. The molecule has 4 aliphatic rings. The van der Waals surface area contributed by atoms with E-state index in [9.17, 15) is 4.79 Å². The van der Waals surface area contributed by atoms with Gasteiger partial charge in [-0.05, 0) is 62.6 Å². The van der Waals surface area contributed by atoms with Crippen LogP contribution in [0.25, 0.3) is 0 Å². The van der Waals surface area contributed by atoms with Gasteiger partial charge in [0, 0.05) is 44.8 Å². The van der Waals surface area contributed by atoms with Gasteiger partial charge >= 0.3 is 0 Å². The number of rotatable bonds is 3. The van der Waals surface area contributed by atoms with Crippen molar-refractivity contribution < 1.29 is 4.79 Å². The van der Waals surface area contributed by atoms with Crippen LogP contribution < -0.4 is 15.5 Å². The number of pyridine rings is 1. The van der Waals surface area contributed by atoms with Crippen molar-refractivity contribution in [3.05, 3.63) is 24.0 Å². The highest BCUT2D eigenvalue weighted by atomic mass is 16.2. The van der Waals surface area contributed by atoms with Crippen LogP contribution in [-0.4, -0.2) is 67.1 Å². The Morgan fingerprint density at radius 1 is 1.17 bits per heavy atom. The maximum atomic E-state index is 12.6. The van der Waals surface area contributed by atoms with Gasteiger partial charge in [-0.15, -0.1) is 0 Å². The maximum absolute atomic E-state index is 12.6. The number of carbonyl (C=O) groups excluding carboxylic acids is 1. The summed E-state index contributed by atoms with van der Waals surface area (Å²) < 4.78 is 0. The summed E-state index contributed by atoms with van der Waals surface area (Å²) in [6.07, 6.45) is 7.63. The topological polar surface area (TPSA) is 84.3 Å². The Morgan fingerprint density at radius 2 is 2.03 bits per heavy atom. The number of nitrogens with one attached hydrogen (secondary N) is 2. The third-order valence-electron chi connectivity index (χ3n) is 7.76. The molecule has 1 amide bonds. The average molecular weight is 409 g/mol. The highest BCUT2D eigenvalue weighted by Gasteiger charge is 2.47. The molecule has 4 fully saturated rings. The Labute approximate surface area is 178 Å². The minimum Gasteiger partial charge on any atom is -0.368 e. The number of piperazine rings is 1. The van der Waals surface area contributed by atoms with Crippen molar-refractivity contribution in [2.45, 2.75) is 44.2 Å². The third-order valence-corrected chi connectivity index (χ3v) is 7.76. The molecule has 30 heavy (non-hydrogen) atoms. The summed E-state index contributed by atoms with van der Waals surface area (Å²) in [5.74, 6) is 1.78. The Bertz CT molecular complexity index is 797. The number of anilines is 1. The van der Waals surface area contributed by atoms with Crippen LogP contribution in [0.2, 0.25) is 0 Å². The molecule has 0 aromatic carbocycles. The summed E-state index contributed by atoms with van der Waals surface area (Å²) in [6, 6.07) is 6.64. The first-order chi connectivity index (χ1) is 14.7. The van der Waals surface area contributed by atoms with E-state index in [2.05, 4.69) is 31.5 Å². The normalized spacial score (nSPS) is 34.4. The number of nitriles is 1. The van der Waals surface area contributed by atoms with E-state index in [4.69, 9.17) is 5.26 Å². The van der Waals surface area contributed by atoms with Crippen LogP contribution >= 0.6 is 0 Å². The maximum Gasteiger partial charge on any atom is 0.224 e. The van der Waals surface area contributed by atoms with Gasteiger partial charge in [0.1, 0.15) is 11.8 Å². The summed E-state index contributed by atoms with van der Waals surface area (Å²) in [4.78, 5) is 21.8. The lowest BCUT2D eigenvalue weighted by molar-refractivity contribution is -0.133. The second-order valence-electron chi connectivity index (χ2n) is 9.49. The lowest BCUT2D eigenvalue weighted by Crippen LogP contribution is -2.64. The number of nitrogens with zero attached hydrogens (tertiary/aromatic N) is 4. The highest BCUT2D eigenvalue weighted by molar-refractivity contribution is 5.81. The van der Waals surface area contributed by atoms with Gasteiger partial charge < -0.3 is 15.5 Å². The molecular weight excluding hydrogens is 376 g/mol. The molecule has 160 valence electrons. The lowest BCUT2D eigenvalue weighted by atomic mass is 9.67. The molecule has 5 rings (SSSR count). The van der Waals surface area contributed by atoms with Gasteiger partial charge in [-0.3, -0.25) is 9.69 Å². The monoisotopic (exact) mass is 408 g/mol. The Balaban J connectivity index is 1.13. The zero-order chi connectivity index (χ0) is 20.5. The van der Waals surface area contributed by atoms with E-state index >= 15 is 0 Å². The Morgan fingerprint density at radius 3 is 2.80 bits per heavy atom. The van der Waals surface area contributed by atoms with Crippen molar-refractivity contribution in [3.8, 4) is 6.07 Å². The van der Waals surface area contributed by atoms with Gasteiger partial charge in [-0.2, -0.15) is 5.26 Å². The number of fused-ring (bicyclic) bond motifs is 3. The molecule has 3 saturated heterocycles. The molecule has 1 aliphatic carbocycles. The van der Waals surface area contributed by atoms with Crippen molar-refractivity contribution in [1.29, 1.82) is 5.26 Å². The van der Waals surface area contributed by atoms with Crippen LogP contribution in [0, 0.1) is 29.1 Å². The second-order valence-corrected chi connectivity index (χ2v) is 9.49. The first kappa shape index (κ1) is 19.8. The van der Waals surface area contributed by atoms with E-state index < -0.39 is 0 Å². The zero-order valence-electron chi connectivity index (χ0n) is 17.6. The van der Waals surface area contributed by atoms with E-state index in [-0.39, 0.29) is 5.92 Å². The molecule has 7 nitrogen and oxygen atoms in total. The van der Waals surface area contributed by atoms with Crippen molar-refractivity contribution in [1.82, 2.24) is 20.5 Å². The van der Waals surface area contributed by atoms with Gasteiger partial charge in [-0.1, -0.05) is 0 Å². The molecule has 0 spiro atoms. The molecule has 1 aromatic heterocycles. The fraction of sp³-hybridized carbons (Fsp3) is 0.696. The molecule has 4 heterocycles. The number of amides is 1. The van der Waals surface area contributed by atoms with E-state index in [0.717, 1.165) is 64.2 Å². The molecule has 1 aromatic rings. The SMILES string of the molecule is N#Cc1ccc(N2CCN(CC3CCC4C(C3)NC(=O)C3CCCNC34)CC2)cn1. The summed E-state index contributed by atoms with van der Waals surface area (Å²) in [5, 5.41) is 16.0. The van der Waals surface area contributed by atoms with Gasteiger partial charge in [-0.25, -0.2) is 4.98 Å². The number of aromatic nitrogens is 1. The molecule has 1 saturated carbocycles. The average Bonchev–Trinajstić information content (AvgIpc) is 2.80. The van der Waals surface area contributed by atoms with Gasteiger partial charge in [0.05, 0.1) is 17.8 Å². The summed E-state index contributed by atoms with van der Waals surface area (Å²) in [6.45, 7) is 6.32. The predicted octanol–water partition coefficient (Wildman–Crippen LogP) is 1.36. The van der Waals surface area contributed by atoms with Crippen LogP contribution in [0.1, 0.15) is 37.8 Å². The highest BCUT2D eigenvalue weighted by Crippen LogP contribution is 2.39. The molecule has 5 atom stereocenters.